The maximum Gasteiger partial charge on any atom is 0.181 e. The van der Waals surface area contributed by atoms with Gasteiger partial charge in [0.2, 0.25) is 0 Å². The second-order valence-electron chi connectivity index (χ2n) is 5.54. The van der Waals surface area contributed by atoms with Gasteiger partial charge in [-0.2, -0.15) is 0 Å². The molecule has 1 nitrogen and oxygen atoms in total. The van der Waals surface area contributed by atoms with Gasteiger partial charge in [0.1, 0.15) is 0 Å². The number of unbranched alkanes of at least 4 members (excludes halogenated alkanes) is 9. The SMILES string of the molecule is CCCCCCCCCCCCc1ccccc1[O]. The standard InChI is InChI=1S/C18H29O/c1-2-3-4-5-6-7-8-9-10-11-14-17-15-12-13-16-18(17)19/h12-13,15-16H,2-11,14H2,1H3. The van der Waals surface area contributed by atoms with Crippen LogP contribution in [0.5, 0.6) is 5.75 Å². The summed E-state index contributed by atoms with van der Waals surface area (Å²) in [6.07, 6.45) is 14.4. The van der Waals surface area contributed by atoms with Crippen LogP contribution in [0.2, 0.25) is 0 Å². The molecule has 1 aromatic rings. The summed E-state index contributed by atoms with van der Waals surface area (Å²) in [7, 11) is 0. The molecular weight excluding hydrogens is 232 g/mol. The second-order valence-corrected chi connectivity index (χ2v) is 5.54. The predicted octanol–water partition coefficient (Wildman–Crippen LogP) is 6.29. The van der Waals surface area contributed by atoms with Crippen molar-refractivity contribution < 1.29 is 5.11 Å². The van der Waals surface area contributed by atoms with Gasteiger partial charge in [-0.25, -0.2) is 0 Å². The van der Waals surface area contributed by atoms with Crippen molar-refractivity contribution in [2.45, 2.75) is 77.6 Å². The average molecular weight is 261 g/mol. The average Bonchev–Trinajstić information content (AvgIpc) is 2.43. The molecule has 0 unspecified atom stereocenters. The second kappa shape index (κ2) is 10.9. The molecule has 0 aliphatic rings. The summed E-state index contributed by atoms with van der Waals surface area (Å²) in [5, 5.41) is 11.5. The Balaban J connectivity index is 1.90. The van der Waals surface area contributed by atoms with Crippen molar-refractivity contribution >= 4 is 0 Å². The van der Waals surface area contributed by atoms with Gasteiger partial charge in [0.05, 0.1) is 0 Å². The molecule has 0 aliphatic heterocycles. The summed E-state index contributed by atoms with van der Waals surface area (Å²) in [4.78, 5) is 0. The molecule has 1 aromatic carbocycles. The van der Waals surface area contributed by atoms with Crippen LogP contribution in [-0.2, 0) is 11.5 Å². The van der Waals surface area contributed by atoms with Crippen LogP contribution in [0.3, 0.4) is 0 Å². The molecule has 107 valence electrons. The Morgan fingerprint density at radius 1 is 0.737 bits per heavy atom. The lowest BCUT2D eigenvalue weighted by Gasteiger charge is -2.03. The number of hydrogen-bond donors (Lipinski definition) is 0. The zero-order valence-corrected chi connectivity index (χ0v) is 12.5. The van der Waals surface area contributed by atoms with Crippen LogP contribution < -0.4 is 0 Å². The van der Waals surface area contributed by atoms with E-state index in [0.29, 0.717) is 0 Å². The lowest BCUT2D eigenvalue weighted by molar-refractivity contribution is 0.349. The minimum absolute atomic E-state index is 0.207. The Kier molecular flexibility index (Phi) is 9.22. The van der Waals surface area contributed by atoms with E-state index in [9.17, 15) is 5.11 Å². The molecule has 0 N–H and O–H groups in total. The fourth-order valence-electron chi connectivity index (χ4n) is 2.51. The van der Waals surface area contributed by atoms with Crippen LogP contribution >= 0.6 is 0 Å². The Morgan fingerprint density at radius 2 is 1.26 bits per heavy atom. The first-order chi connectivity index (χ1) is 9.34. The molecule has 0 spiro atoms. The maximum atomic E-state index is 11.5. The third-order valence-electron chi connectivity index (χ3n) is 3.77. The van der Waals surface area contributed by atoms with E-state index >= 15 is 0 Å². The number of para-hydroxylation sites is 1. The predicted molar refractivity (Wildman–Crippen MR) is 82.1 cm³/mol. The van der Waals surface area contributed by atoms with Crippen molar-refractivity contribution in [1.82, 2.24) is 0 Å². The lowest BCUT2D eigenvalue weighted by Crippen LogP contribution is -1.87. The molecule has 0 heterocycles. The van der Waals surface area contributed by atoms with E-state index < -0.39 is 0 Å². The van der Waals surface area contributed by atoms with Crippen LogP contribution in [0, 0.1) is 0 Å². The minimum Gasteiger partial charge on any atom is -0.290 e. The molecule has 0 amide bonds. The van der Waals surface area contributed by atoms with Gasteiger partial charge in [-0.3, -0.25) is 5.11 Å². The molecule has 1 heteroatoms. The normalized spacial score (nSPS) is 10.8. The largest absolute Gasteiger partial charge is 0.290 e. The molecule has 1 radical (unpaired) electrons. The maximum absolute atomic E-state index is 11.5. The van der Waals surface area contributed by atoms with E-state index in [1.807, 2.05) is 18.2 Å². The molecule has 19 heavy (non-hydrogen) atoms. The molecule has 1 rings (SSSR count). The highest BCUT2D eigenvalue weighted by Crippen LogP contribution is 2.19. The molecular formula is C18H29O. The topological polar surface area (TPSA) is 19.9 Å². The number of rotatable bonds is 11. The van der Waals surface area contributed by atoms with Crippen molar-refractivity contribution in [3.63, 3.8) is 0 Å². The molecule has 0 fully saturated rings. The molecule has 0 aliphatic carbocycles. The molecule has 0 atom stereocenters. The van der Waals surface area contributed by atoms with Gasteiger partial charge in [0.25, 0.3) is 0 Å². The van der Waals surface area contributed by atoms with Crippen molar-refractivity contribution in [2.75, 3.05) is 0 Å². The van der Waals surface area contributed by atoms with Gasteiger partial charge in [-0.05, 0) is 24.5 Å². The van der Waals surface area contributed by atoms with Gasteiger partial charge >= 0.3 is 0 Å². The highest BCUT2D eigenvalue weighted by atomic mass is 16.3. The molecule has 0 saturated carbocycles. The van der Waals surface area contributed by atoms with Gasteiger partial charge < -0.3 is 0 Å². The Hall–Kier alpha value is -0.980. The minimum atomic E-state index is 0.207. The van der Waals surface area contributed by atoms with Crippen LogP contribution in [-0.4, -0.2) is 0 Å². The van der Waals surface area contributed by atoms with Crippen LogP contribution in [0.1, 0.15) is 76.7 Å². The van der Waals surface area contributed by atoms with E-state index in [0.717, 1.165) is 18.4 Å². The van der Waals surface area contributed by atoms with Crippen molar-refractivity contribution in [3.8, 4) is 5.75 Å². The summed E-state index contributed by atoms with van der Waals surface area (Å²) in [6, 6.07) is 7.43. The molecule has 0 aromatic heterocycles. The number of hydrogen-bond acceptors (Lipinski definition) is 0. The van der Waals surface area contributed by atoms with E-state index in [1.165, 1.54) is 57.8 Å². The zero-order valence-electron chi connectivity index (χ0n) is 12.5. The Bertz CT molecular complexity index is 319. The van der Waals surface area contributed by atoms with Gasteiger partial charge in [0, 0.05) is 0 Å². The van der Waals surface area contributed by atoms with Crippen molar-refractivity contribution in [2.24, 2.45) is 0 Å². The summed E-state index contributed by atoms with van der Waals surface area (Å²) in [6.45, 7) is 2.26. The van der Waals surface area contributed by atoms with Crippen molar-refractivity contribution in [1.29, 1.82) is 0 Å². The van der Waals surface area contributed by atoms with Gasteiger partial charge in [-0.15, -0.1) is 0 Å². The highest BCUT2D eigenvalue weighted by Gasteiger charge is 2.00. The van der Waals surface area contributed by atoms with E-state index in [4.69, 9.17) is 0 Å². The summed E-state index contributed by atoms with van der Waals surface area (Å²) in [5.74, 6) is 0.207. The number of benzene rings is 1. The fourth-order valence-corrected chi connectivity index (χ4v) is 2.51. The quantitative estimate of drug-likeness (QED) is 0.417. The van der Waals surface area contributed by atoms with Crippen LogP contribution in [0.25, 0.3) is 0 Å². The first-order valence-electron chi connectivity index (χ1n) is 8.09. The van der Waals surface area contributed by atoms with E-state index in [-0.39, 0.29) is 5.75 Å². The van der Waals surface area contributed by atoms with E-state index in [1.54, 1.807) is 6.07 Å². The summed E-state index contributed by atoms with van der Waals surface area (Å²) >= 11 is 0. The smallest absolute Gasteiger partial charge is 0.181 e. The lowest BCUT2D eigenvalue weighted by atomic mass is 10.0. The first kappa shape index (κ1) is 16.1. The Labute approximate surface area is 119 Å². The summed E-state index contributed by atoms with van der Waals surface area (Å²) in [5.41, 5.74) is 0.988. The number of aryl methyl sites for hydroxylation is 1. The highest BCUT2D eigenvalue weighted by molar-refractivity contribution is 5.31. The van der Waals surface area contributed by atoms with Crippen molar-refractivity contribution in [3.05, 3.63) is 29.8 Å². The van der Waals surface area contributed by atoms with Gasteiger partial charge in [0.15, 0.2) is 5.75 Å². The third-order valence-corrected chi connectivity index (χ3v) is 3.77. The van der Waals surface area contributed by atoms with Gasteiger partial charge in [-0.1, -0.05) is 82.9 Å². The first-order valence-corrected chi connectivity index (χ1v) is 8.09. The fraction of sp³-hybridized carbons (Fsp3) is 0.667. The van der Waals surface area contributed by atoms with Crippen LogP contribution in [0.15, 0.2) is 24.3 Å². The zero-order chi connectivity index (χ0) is 13.8. The van der Waals surface area contributed by atoms with Crippen LogP contribution in [0.4, 0.5) is 0 Å². The molecule has 0 saturated heterocycles. The monoisotopic (exact) mass is 261 g/mol. The Morgan fingerprint density at radius 3 is 1.84 bits per heavy atom. The van der Waals surface area contributed by atoms with E-state index in [2.05, 4.69) is 6.92 Å². The third kappa shape index (κ3) is 7.92. The molecule has 0 bridgehead atoms. The summed E-state index contributed by atoms with van der Waals surface area (Å²) < 4.78 is 0.